The zero-order valence-corrected chi connectivity index (χ0v) is 13.0. The van der Waals surface area contributed by atoms with Crippen LogP contribution in [0.4, 0.5) is 0 Å². The van der Waals surface area contributed by atoms with Gasteiger partial charge in [0.05, 0.1) is 11.7 Å². The number of ether oxygens (including phenoxy) is 1. The minimum absolute atomic E-state index is 0.0243. The van der Waals surface area contributed by atoms with Gasteiger partial charge in [0.15, 0.2) is 4.67 Å². The van der Waals surface area contributed by atoms with Crippen LogP contribution in [-0.4, -0.2) is 62.1 Å². The van der Waals surface area contributed by atoms with Crippen LogP contribution in [0.25, 0.3) is 0 Å². The molecule has 6 heteroatoms. The fraction of sp³-hybridized carbons (Fsp3) is 0.615. The van der Waals surface area contributed by atoms with Crippen LogP contribution in [0.15, 0.2) is 21.4 Å². The molecule has 0 saturated carbocycles. The molecule has 0 aliphatic carbocycles. The number of nitrogens with zero attached hydrogens (tertiary/aromatic N) is 2. The van der Waals surface area contributed by atoms with Crippen LogP contribution in [0.1, 0.15) is 16.8 Å². The predicted octanol–water partition coefficient (Wildman–Crippen LogP) is 1.83. The van der Waals surface area contributed by atoms with E-state index in [2.05, 4.69) is 27.9 Å². The maximum atomic E-state index is 12.2. The number of likely N-dealkylation sites (tertiary alicyclic amines) is 1. The second kappa shape index (κ2) is 6.07. The lowest BCUT2D eigenvalue weighted by molar-refractivity contribution is 0.0759. The monoisotopic (exact) mass is 330 g/mol. The largest absolute Gasteiger partial charge is 0.457 e. The van der Waals surface area contributed by atoms with Crippen LogP contribution in [0.5, 0.6) is 0 Å². The zero-order chi connectivity index (χ0) is 14.0. The summed E-state index contributed by atoms with van der Waals surface area (Å²) in [6.45, 7) is 1.61. The van der Waals surface area contributed by atoms with Crippen molar-refractivity contribution in [3.8, 4) is 0 Å². The highest BCUT2D eigenvalue weighted by atomic mass is 79.9. The lowest BCUT2D eigenvalue weighted by atomic mass is 10.2. The Morgan fingerprint density at radius 1 is 1.68 bits per heavy atom. The topological polar surface area (TPSA) is 45.9 Å². The molecular weight excluding hydrogens is 312 g/mol. The molecule has 1 aromatic rings. The molecule has 1 aliphatic rings. The van der Waals surface area contributed by atoms with Gasteiger partial charge in [-0.1, -0.05) is 0 Å². The molecular formula is C13H19BrN2O3. The minimum atomic E-state index is -0.0243. The van der Waals surface area contributed by atoms with Crippen molar-refractivity contribution in [2.75, 3.05) is 34.3 Å². The van der Waals surface area contributed by atoms with Gasteiger partial charge in [0.1, 0.15) is 6.26 Å². The van der Waals surface area contributed by atoms with E-state index in [1.807, 2.05) is 7.05 Å². The number of carbonyl (C=O) groups excluding carboxylic acids is 1. The first kappa shape index (κ1) is 14.6. The Morgan fingerprint density at radius 2 is 2.42 bits per heavy atom. The lowest BCUT2D eigenvalue weighted by Crippen LogP contribution is -2.39. The first-order valence-electron chi connectivity index (χ1n) is 6.23. The Kier molecular flexibility index (Phi) is 4.65. The van der Waals surface area contributed by atoms with E-state index in [0.717, 1.165) is 13.0 Å². The van der Waals surface area contributed by atoms with E-state index in [1.54, 1.807) is 18.1 Å². The van der Waals surface area contributed by atoms with E-state index in [0.29, 0.717) is 22.8 Å². The Labute approximate surface area is 121 Å². The molecule has 19 heavy (non-hydrogen) atoms. The van der Waals surface area contributed by atoms with Gasteiger partial charge < -0.3 is 14.1 Å². The van der Waals surface area contributed by atoms with Crippen molar-refractivity contribution in [2.45, 2.75) is 18.6 Å². The average Bonchev–Trinajstić information content (AvgIpc) is 2.95. The van der Waals surface area contributed by atoms with Crippen molar-refractivity contribution in [1.29, 1.82) is 0 Å². The highest BCUT2D eigenvalue weighted by Crippen LogP contribution is 2.20. The van der Waals surface area contributed by atoms with Gasteiger partial charge in [-0.15, -0.1) is 0 Å². The Bertz CT molecular complexity index is 449. The molecule has 106 valence electrons. The summed E-state index contributed by atoms with van der Waals surface area (Å²) < 4.78 is 11.0. The summed E-state index contributed by atoms with van der Waals surface area (Å²) in [5.41, 5.74) is 0.568. The average molecular weight is 331 g/mol. The second-order valence-electron chi connectivity index (χ2n) is 5.01. The molecule has 0 radical (unpaired) electrons. The van der Waals surface area contributed by atoms with Crippen LogP contribution >= 0.6 is 15.9 Å². The number of hydrogen-bond donors (Lipinski definition) is 0. The van der Waals surface area contributed by atoms with Crippen molar-refractivity contribution >= 4 is 21.8 Å². The quantitative estimate of drug-likeness (QED) is 0.845. The SMILES string of the molecule is CO[C@H]1C[C@@H](CN(C)C(=O)c2coc(Br)c2)N(C)C1. The Morgan fingerprint density at radius 3 is 2.95 bits per heavy atom. The first-order chi connectivity index (χ1) is 9.01. The number of halogens is 1. The van der Waals surface area contributed by atoms with Crippen LogP contribution in [0, 0.1) is 0 Å². The van der Waals surface area contributed by atoms with Crippen LogP contribution < -0.4 is 0 Å². The minimum Gasteiger partial charge on any atom is -0.457 e. The molecule has 1 amide bonds. The number of amides is 1. The van der Waals surface area contributed by atoms with E-state index >= 15 is 0 Å². The van der Waals surface area contributed by atoms with E-state index < -0.39 is 0 Å². The molecule has 0 N–H and O–H groups in total. The fourth-order valence-electron chi connectivity index (χ4n) is 2.45. The molecule has 0 unspecified atom stereocenters. The highest BCUT2D eigenvalue weighted by Gasteiger charge is 2.31. The van der Waals surface area contributed by atoms with Gasteiger partial charge in [0.25, 0.3) is 5.91 Å². The van der Waals surface area contributed by atoms with Gasteiger partial charge in [-0.25, -0.2) is 0 Å². The standard InChI is InChI=1S/C13H19BrN2O3/c1-15-7-11(18-3)5-10(15)6-16(2)13(17)9-4-12(14)19-8-9/h4,8,10-11H,5-7H2,1-3H3/t10-,11-/m0/s1. The smallest absolute Gasteiger partial charge is 0.256 e. The lowest BCUT2D eigenvalue weighted by Gasteiger charge is -2.25. The third-order valence-corrected chi connectivity index (χ3v) is 4.04. The van der Waals surface area contributed by atoms with Crippen molar-refractivity contribution in [2.24, 2.45) is 0 Å². The normalized spacial score (nSPS) is 23.8. The molecule has 0 aromatic carbocycles. The number of rotatable bonds is 4. The van der Waals surface area contributed by atoms with E-state index in [9.17, 15) is 4.79 Å². The molecule has 2 atom stereocenters. The molecule has 2 heterocycles. The van der Waals surface area contributed by atoms with Gasteiger partial charge in [-0.3, -0.25) is 9.69 Å². The van der Waals surface area contributed by atoms with Crippen LogP contribution in [0.3, 0.4) is 0 Å². The van der Waals surface area contributed by atoms with Crippen molar-refractivity contribution in [3.63, 3.8) is 0 Å². The fourth-order valence-corrected chi connectivity index (χ4v) is 2.79. The highest BCUT2D eigenvalue weighted by molar-refractivity contribution is 9.10. The maximum Gasteiger partial charge on any atom is 0.256 e. The molecule has 1 fully saturated rings. The zero-order valence-electron chi connectivity index (χ0n) is 11.4. The predicted molar refractivity (Wildman–Crippen MR) is 75.2 cm³/mol. The Hall–Kier alpha value is -0.850. The van der Waals surface area contributed by atoms with Gasteiger partial charge in [0.2, 0.25) is 0 Å². The summed E-state index contributed by atoms with van der Waals surface area (Å²) in [4.78, 5) is 16.2. The number of hydrogen-bond acceptors (Lipinski definition) is 4. The van der Waals surface area contributed by atoms with Crippen molar-refractivity contribution < 1.29 is 13.9 Å². The summed E-state index contributed by atoms with van der Waals surface area (Å²) >= 11 is 3.20. The van der Waals surface area contributed by atoms with E-state index in [-0.39, 0.29) is 12.0 Å². The summed E-state index contributed by atoms with van der Waals surface area (Å²) in [6.07, 6.45) is 2.69. The second-order valence-corrected chi connectivity index (χ2v) is 5.79. The molecule has 2 rings (SSSR count). The van der Waals surface area contributed by atoms with Gasteiger partial charge in [-0.2, -0.15) is 0 Å². The summed E-state index contributed by atoms with van der Waals surface area (Å²) in [5.74, 6) is -0.0243. The molecule has 0 spiro atoms. The Balaban J connectivity index is 1.94. The first-order valence-corrected chi connectivity index (χ1v) is 7.03. The van der Waals surface area contributed by atoms with Crippen molar-refractivity contribution in [3.05, 3.63) is 22.6 Å². The van der Waals surface area contributed by atoms with Gasteiger partial charge in [-0.05, 0) is 29.4 Å². The third-order valence-electron chi connectivity index (χ3n) is 3.63. The molecule has 1 aliphatic heterocycles. The van der Waals surface area contributed by atoms with E-state index in [1.165, 1.54) is 6.26 Å². The van der Waals surface area contributed by atoms with Crippen LogP contribution in [-0.2, 0) is 4.74 Å². The molecule has 1 aromatic heterocycles. The molecule has 5 nitrogen and oxygen atoms in total. The summed E-state index contributed by atoms with van der Waals surface area (Å²) in [6, 6.07) is 2.03. The molecule has 0 bridgehead atoms. The van der Waals surface area contributed by atoms with Gasteiger partial charge >= 0.3 is 0 Å². The van der Waals surface area contributed by atoms with Gasteiger partial charge in [0, 0.05) is 39.4 Å². The summed E-state index contributed by atoms with van der Waals surface area (Å²) in [5, 5.41) is 0. The number of likely N-dealkylation sites (N-methyl/N-ethyl adjacent to an activating group) is 2. The summed E-state index contributed by atoms with van der Waals surface area (Å²) in [7, 11) is 5.62. The van der Waals surface area contributed by atoms with Crippen LogP contribution in [0.2, 0.25) is 0 Å². The molecule has 1 saturated heterocycles. The number of methoxy groups -OCH3 is 1. The number of furan rings is 1. The maximum absolute atomic E-state index is 12.2. The van der Waals surface area contributed by atoms with E-state index in [4.69, 9.17) is 9.15 Å². The number of carbonyl (C=O) groups is 1. The third kappa shape index (κ3) is 3.38. The van der Waals surface area contributed by atoms with Crippen molar-refractivity contribution in [1.82, 2.24) is 9.80 Å².